The summed E-state index contributed by atoms with van der Waals surface area (Å²) >= 11 is 0. The lowest BCUT2D eigenvalue weighted by Crippen LogP contribution is -2.52. The fourth-order valence-corrected chi connectivity index (χ4v) is 2.67. The predicted octanol–water partition coefficient (Wildman–Crippen LogP) is -0.435. The molecule has 1 aliphatic rings. The van der Waals surface area contributed by atoms with Gasteiger partial charge in [-0.3, -0.25) is 0 Å². The van der Waals surface area contributed by atoms with Crippen molar-refractivity contribution in [1.82, 2.24) is 9.03 Å². The number of terminal acetylenes is 1. The summed E-state index contributed by atoms with van der Waals surface area (Å²) in [6.07, 6.45) is 5.22. The van der Waals surface area contributed by atoms with Gasteiger partial charge in [0, 0.05) is 13.1 Å². The van der Waals surface area contributed by atoms with Gasteiger partial charge in [-0.2, -0.15) is 17.4 Å². The van der Waals surface area contributed by atoms with Crippen LogP contribution in [0, 0.1) is 12.3 Å². The minimum Gasteiger partial charge on any atom is -0.379 e. The first-order chi connectivity index (χ1) is 6.87. The van der Waals surface area contributed by atoms with Crippen LogP contribution in [-0.2, 0) is 14.9 Å². The van der Waals surface area contributed by atoms with E-state index >= 15 is 0 Å². The van der Waals surface area contributed by atoms with Crippen LogP contribution in [0.1, 0.15) is 13.8 Å². The Kier molecular flexibility index (Phi) is 3.73. The summed E-state index contributed by atoms with van der Waals surface area (Å²) in [5, 5.41) is 0. The molecule has 5 nitrogen and oxygen atoms in total. The van der Waals surface area contributed by atoms with Crippen molar-refractivity contribution >= 4 is 10.2 Å². The lowest BCUT2D eigenvalue weighted by molar-refractivity contribution is 0.0722. The van der Waals surface area contributed by atoms with Crippen LogP contribution in [0.2, 0.25) is 0 Å². The lowest BCUT2D eigenvalue weighted by Gasteiger charge is -2.29. The van der Waals surface area contributed by atoms with E-state index in [9.17, 15) is 8.42 Å². The van der Waals surface area contributed by atoms with E-state index in [0.29, 0.717) is 26.3 Å². The highest BCUT2D eigenvalue weighted by Gasteiger charge is 2.29. The molecule has 0 bridgehead atoms. The third kappa shape index (κ3) is 3.47. The Hall–Kier alpha value is -0.610. The van der Waals surface area contributed by atoms with E-state index in [1.54, 1.807) is 13.8 Å². The van der Waals surface area contributed by atoms with Gasteiger partial charge in [0.1, 0.15) is 0 Å². The molecule has 0 aromatic carbocycles. The number of hydrogen-bond acceptors (Lipinski definition) is 3. The summed E-state index contributed by atoms with van der Waals surface area (Å²) in [4.78, 5) is 0. The van der Waals surface area contributed by atoms with Gasteiger partial charge < -0.3 is 4.74 Å². The Morgan fingerprint density at radius 2 is 1.93 bits per heavy atom. The fourth-order valence-electron chi connectivity index (χ4n) is 1.20. The van der Waals surface area contributed by atoms with Crippen LogP contribution in [-0.4, -0.2) is 44.6 Å². The van der Waals surface area contributed by atoms with Gasteiger partial charge in [-0.15, -0.1) is 6.42 Å². The summed E-state index contributed by atoms with van der Waals surface area (Å²) < 4.78 is 32.5. The van der Waals surface area contributed by atoms with Crippen molar-refractivity contribution in [3.63, 3.8) is 0 Å². The van der Waals surface area contributed by atoms with Crippen molar-refractivity contribution < 1.29 is 13.2 Å². The molecule has 0 amide bonds. The number of morpholine rings is 1. The van der Waals surface area contributed by atoms with Gasteiger partial charge in [-0.1, -0.05) is 5.92 Å². The highest BCUT2D eigenvalue weighted by Crippen LogP contribution is 2.08. The quantitative estimate of drug-likeness (QED) is 0.671. The maximum Gasteiger partial charge on any atom is 0.280 e. The standard InChI is InChI=1S/C9H16N2O3S/c1-4-9(2,3)10-15(12,13)11-5-7-14-8-6-11/h1,10H,5-8H2,2-3H3. The van der Waals surface area contributed by atoms with Crippen molar-refractivity contribution in [3.8, 4) is 12.3 Å². The third-order valence-corrected chi connectivity index (χ3v) is 3.87. The Morgan fingerprint density at radius 1 is 1.40 bits per heavy atom. The van der Waals surface area contributed by atoms with Crippen molar-refractivity contribution in [2.24, 2.45) is 0 Å². The van der Waals surface area contributed by atoms with E-state index in [2.05, 4.69) is 10.6 Å². The molecule has 1 heterocycles. The lowest BCUT2D eigenvalue weighted by atomic mass is 10.1. The average Bonchev–Trinajstić information content (AvgIpc) is 2.18. The summed E-state index contributed by atoms with van der Waals surface area (Å²) in [7, 11) is -3.49. The SMILES string of the molecule is C#CC(C)(C)NS(=O)(=O)N1CCOCC1. The molecule has 0 saturated carbocycles. The molecule has 0 aromatic heterocycles. The monoisotopic (exact) mass is 232 g/mol. The van der Waals surface area contributed by atoms with Crippen molar-refractivity contribution in [3.05, 3.63) is 0 Å². The van der Waals surface area contributed by atoms with Gasteiger partial charge in [0.15, 0.2) is 0 Å². The first-order valence-corrected chi connectivity index (χ1v) is 6.16. The van der Waals surface area contributed by atoms with Gasteiger partial charge in [0.05, 0.1) is 18.8 Å². The second-order valence-corrected chi connectivity index (χ2v) is 5.56. The van der Waals surface area contributed by atoms with Gasteiger partial charge in [0.2, 0.25) is 0 Å². The topological polar surface area (TPSA) is 58.6 Å². The van der Waals surface area contributed by atoms with E-state index in [0.717, 1.165) is 0 Å². The molecule has 1 aliphatic heterocycles. The van der Waals surface area contributed by atoms with Gasteiger partial charge >= 0.3 is 0 Å². The first-order valence-electron chi connectivity index (χ1n) is 4.72. The minimum atomic E-state index is -3.49. The molecular weight excluding hydrogens is 216 g/mol. The molecule has 0 aliphatic carbocycles. The second kappa shape index (κ2) is 4.49. The Labute approximate surface area is 91.0 Å². The molecule has 1 N–H and O–H groups in total. The van der Waals surface area contributed by atoms with E-state index < -0.39 is 15.7 Å². The van der Waals surface area contributed by atoms with Crippen LogP contribution >= 0.6 is 0 Å². The molecule has 86 valence electrons. The number of hydrogen-bond donors (Lipinski definition) is 1. The summed E-state index contributed by atoms with van der Waals surface area (Å²) in [6.45, 7) is 4.89. The van der Waals surface area contributed by atoms with Gasteiger partial charge in [-0.25, -0.2) is 0 Å². The van der Waals surface area contributed by atoms with Gasteiger partial charge in [-0.05, 0) is 13.8 Å². The smallest absolute Gasteiger partial charge is 0.280 e. The van der Waals surface area contributed by atoms with Gasteiger partial charge in [0.25, 0.3) is 10.2 Å². The van der Waals surface area contributed by atoms with Crippen LogP contribution in [0.15, 0.2) is 0 Å². The number of nitrogens with one attached hydrogen (secondary N) is 1. The zero-order valence-corrected chi connectivity index (χ0v) is 9.80. The normalized spacial score (nSPS) is 19.8. The molecule has 0 unspecified atom stereocenters. The molecule has 1 saturated heterocycles. The van der Waals surface area contributed by atoms with Crippen molar-refractivity contribution in [2.45, 2.75) is 19.4 Å². The number of rotatable bonds is 3. The minimum absolute atomic E-state index is 0.371. The summed E-state index contributed by atoms with van der Waals surface area (Å²) in [5.41, 5.74) is -0.864. The second-order valence-electron chi connectivity index (χ2n) is 3.89. The summed E-state index contributed by atoms with van der Waals surface area (Å²) in [5.74, 6) is 2.39. The molecule has 1 fully saturated rings. The molecule has 0 radical (unpaired) electrons. The van der Waals surface area contributed by atoms with E-state index in [4.69, 9.17) is 11.2 Å². The molecule has 0 spiro atoms. The maximum absolute atomic E-state index is 11.8. The van der Waals surface area contributed by atoms with Crippen LogP contribution < -0.4 is 4.72 Å². The van der Waals surface area contributed by atoms with Crippen LogP contribution in [0.3, 0.4) is 0 Å². The fraction of sp³-hybridized carbons (Fsp3) is 0.778. The highest BCUT2D eigenvalue weighted by molar-refractivity contribution is 7.87. The Balaban J connectivity index is 2.71. The molecule has 6 heteroatoms. The summed E-state index contributed by atoms with van der Waals surface area (Å²) in [6, 6.07) is 0. The zero-order valence-electron chi connectivity index (χ0n) is 8.99. The zero-order chi connectivity index (χ0) is 11.5. The Morgan fingerprint density at radius 3 is 2.40 bits per heavy atom. The van der Waals surface area contributed by atoms with Crippen LogP contribution in [0.5, 0.6) is 0 Å². The molecule has 1 rings (SSSR count). The first kappa shape index (κ1) is 12.5. The molecular formula is C9H16N2O3S. The largest absolute Gasteiger partial charge is 0.379 e. The average molecular weight is 232 g/mol. The van der Waals surface area contributed by atoms with E-state index in [-0.39, 0.29) is 0 Å². The van der Waals surface area contributed by atoms with E-state index in [1.165, 1.54) is 4.31 Å². The molecule has 0 atom stereocenters. The number of nitrogens with zero attached hydrogens (tertiary/aromatic N) is 1. The molecule has 0 aromatic rings. The highest BCUT2D eigenvalue weighted by atomic mass is 32.2. The van der Waals surface area contributed by atoms with Crippen molar-refractivity contribution in [2.75, 3.05) is 26.3 Å². The predicted molar refractivity (Wildman–Crippen MR) is 57.4 cm³/mol. The van der Waals surface area contributed by atoms with Crippen LogP contribution in [0.25, 0.3) is 0 Å². The molecule has 15 heavy (non-hydrogen) atoms. The number of ether oxygens (including phenoxy) is 1. The van der Waals surface area contributed by atoms with Crippen LogP contribution in [0.4, 0.5) is 0 Å². The van der Waals surface area contributed by atoms with Crippen molar-refractivity contribution in [1.29, 1.82) is 0 Å². The maximum atomic E-state index is 11.8. The van der Waals surface area contributed by atoms with E-state index in [1.807, 2.05) is 0 Å². The third-order valence-electron chi connectivity index (χ3n) is 2.05. The Bertz CT molecular complexity index is 350.